The summed E-state index contributed by atoms with van der Waals surface area (Å²) in [6, 6.07) is 0. The van der Waals surface area contributed by atoms with Crippen molar-refractivity contribution < 1.29 is 358 Å². The van der Waals surface area contributed by atoms with E-state index in [-0.39, 0.29) is 290 Å². The van der Waals surface area contributed by atoms with E-state index in [0.29, 0.717) is 12.8 Å². The summed E-state index contributed by atoms with van der Waals surface area (Å²) in [5, 5.41) is 160. The van der Waals surface area contributed by atoms with Crippen molar-refractivity contribution in [2.24, 2.45) is 11.5 Å². The smallest absolute Gasteiger partial charge is 0.549 e. The first-order valence-corrected chi connectivity index (χ1v) is 38.4. The van der Waals surface area contributed by atoms with Crippen LogP contribution in [0.2, 0.25) is 0 Å². The first kappa shape index (κ1) is 139. The molecule has 43 nitrogen and oxygen atoms in total. The number of carbonyl (C=O) groups excluding carboxylic acids is 17. The molecule has 0 rings (SSSR count). The Kier molecular flexibility index (Phi) is 109. The summed E-state index contributed by atoms with van der Waals surface area (Å²) in [6.45, 7) is -7.98. The standard InChI is InChI=1S/2C16H31NO.3C14H23N3O10.5Gd/c2*1-2-3-4-5-6-7-8-9-10-11-12-13-14-15-16(17)18;3*18-10(19)5-15(1-3-16(6-11(20)21)7-12(22)23)2-4-17(8-13(24)25)9-14(26)27;;;;;/h2*7-8H,2-6,9-15H2,1H3,(H2,17,18);3*1-9H2,(H,18,19)(H,20,21)(H,22,23)(H,24,25)(H,26,27);;;;;/q;;;;;5*+3/p-15/b2*8-7+;;;;;;;;. The molecule has 48 heteroatoms. The van der Waals surface area contributed by atoms with E-state index in [0.717, 1.165) is 55.1 Å². The van der Waals surface area contributed by atoms with Crippen molar-refractivity contribution in [3.05, 3.63) is 24.3 Å². The first-order chi connectivity index (χ1) is 55.0. The third-order valence-electron chi connectivity index (χ3n) is 16.1. The number of amides is 2. The number of allylic oxidation sites excluding steroid dienone is 4. The van der Waals surface area contributed by atoms with Gasteiger partial charge in [-0.3, -0.25) is 53.7 Å². The molecule has 0 saturated heterocycles. The second kappa shape index (κ2) is 95.3. The molecule has 0 fully saturated rings. The normalized spacial score (nSPS) is 10.6. The molecule has 0 unspecified atom stereocenters. The molecular weight excluding hydrogens is 2340 g/mol. The van der Waals surface area contributed by atoms with E-state index >= 15 is 0 Å². The Morgan fingerprint density at radius 1 is 0.189 bits per heavy atom. The molecule has 0 aromatic rings. The number of rotatable bonds is 74. The largest absolute Gasteiger partial charge is 3.00 e. The SMILES string of the molecule is CCCCCC/C=C/CCCCCCCC(N)=O.CCCCCC/C=C/CCCCCCCC(N)=O.O=C([O-])CN(CCN(CC(=O)[O-])CC(=O)[O-])CCN(CC(=O)[O-])CC(=O)[O-].O=C([O-])CN(CCN(CC(=O)[O-])CC(=O)[O-])CCN(CC(=O)[O-])CC(=O)[O-].O=C([O-])CN(CCN(CC(=O)[O-])CC(=O)[O-])CCN(CC(=O)[O-])CC(=O)[O-].[Gd+3].[Gd+3].[Gd+3].[Gd+3].[Gd+3]. The molecule has 0 heterocycles. The quantitative estimate of drug-likeness (QED) is 0.0422. The van der Waals surface area contributed by atoms with Gasteiger partial charge in [0.15, 0.2) is 0 Å². The molecule has 0 aliphatic carbocycles. The second-order valence-electron chi connectivity index (χ2n) is 26.9. The fourth-order valence-electron chi connectivity index (χ4n) is 10.6. The van der Waals surface area contributed by atoms with Gasteiger partial charge in [0, 0.05) is 190 Å². The van der Waals surface area contributed by atoms with E-state index < -0.39 is 188 Å². The molecule has 0 aromatic carbocycles. The van der Waals surface area contributed by atoms with Gasteiger partial charge in [-0.1, -0.05) is 115 Å². The number of carboxylic acids is 15. The zero-order valence-corrected chi connectivity index (χ0v) is 80.2. The second-order valence-corrected chi connectivity index (χ2v) is 26.9. The van der Waals surface area contributed by atoms with Gasteiger partial charge in [-0.05, 0) is 64.2 Å². The molecule has 0 aliphatic heterocycles. The number of aliphatic carboxylic acids is 15. The zero-order chi connectivity index (χ0) is 89.9. The summed E-state index contributed by atoms with van der Waals surface area (Å²) in [7, 11) is 0. The van der Waals surface area contributed by atoms with Gasteiger partial charge in [0.2, 0.25) is 11.8 Å². The Morgan fingerprint density at radius 2 is 0.303 bits per heavy atom. The van der Waals surface area contributed by atoms with Gasteiger partial charge < -0.3 is 160 Å². The summed E-state index contributed by atoms with van der Waals surface area (Å²) in [6.07, 6.45) is 38.0. The number of hydrogen-bond donors (Lipinski definition) is 2. The Morgan fingerprint density at radius 3 is 0.434 bits per heavy atom. The van der Waals surface area contributed by atoms with Crippen molar-refractivity contribution in [2.45, 2.75) is 168 Å². The van der Waals surface area contributed by atoms with E-state index in [1.54, 1.807) is 0 Å². The van der Waals surface area contributed by atoms with E-state index in [2.05, 4.69) is 38.2 Å². The monoisotopic (exact) mass is 2460 g/mol. The average molecular weight is 2460 g/mol. The van der Waals surface area contributed by atoms with Crippen molar-refractivity contribution in [1.82, 2.24) is 44.1 Å². The Bertz CT molecular complexity index is 2490. The Balaban J connectivity index is -0.000000161. The fraction of sp³-hybridized carbons (Fsp3) is 0.716. The molecule has 0 saturated carbocycles. The van der Waals surface area contributed by atoms with Gasteiger partial charge in [0.05, 0.1) is 89.5 Å². The molecule has 0 spiro atoms. The van der Waals surface area contributed by atoms with Crippen LogP contribution in [0.4, 0.5) is 0 Å². The van der Waals surface area contributed by atoms with Gasteiger partial charge in [-0.15, -0.1) is 0 Å². The molecule has 122 heavy (non-hydrogen) atoms. The van der Waals surface area contributed by atoms with Crippen LogP contribution in [0.15, 0.2) is 24.3 Å². The van der Waals surface area contributed by atoms with Gasteiger partial charge in [0.25, 0.3) is 0 Å². The molecule has 0 aromatic heterocycles. The van der Waals surface area contributed by atoms with Crippen LogP contribution in [-0.2, 0) is 81.5 Å². The van der Waals surface area contributed by atoms with Crippen molar-refractivity contribution in [2.75, 3.05) is 177 Å². The third-order valence-corrected chi connectivity index (χ3v) is 16.1. The van der Waals surface area contributed by atoms with Gasteiger partial charge in [-0.2, -0.15) is 0 Å². The van der Waals surface area contributed by atoms with E-state index in [9.17, 15) is 158 Å². The number of carboxylic acid groups (broad SMARTS) is 15. The number of nitrogens with two attached hydrogens (primary N) is 2. The van der Waals surface area contributed by atoms with Crippen LogP contribution >= 0.6 is 0 Å². The number of primary amides is 2. The predicted octanol–water partition coefficient (Wildman–Crippen LogP) is -18.6. The zero-order valence-electron chi connectivity index (χ0n) is 68.9. The number of carbonyl (C=O) groups is 17. The van der Waals surface area contributed by atoms with Crippen molar-refractivity contribution in [3.8, 4) is 0 Å². The molecular formula is C74H116Gd5N11O32. The molecule has 2 amide bonds. The Hall–Kier alpha value is -3.27. The van der Waals surface area contributed by atoms with E-state index in [1.807, 2.05) is 0 Å². The van der Waals surface area contributed by atoms with Gasteiger partial charge in [-0.25, -0.2) is 0 Å². The number of hydrogen-bond acceptors (Lipinski definition) is 41. The van der Waals surface area contributed by atoms with Crippen LogP contribution in [0.3, 0.4) is 0 Å². The van der Waals surface area contributed by atoms with Crippen LogP contribution in [0, 0.1) is 200 Å². The van der Waals surface area contributed by atoms with Crippen LogP contribution in [0.25, 0.3) is 0 Å². The topological polar surface area (TPSA) is 717 Å². The van der Waals surface area contributed by atoms with Crippen LogP contribution in [-0.4, -0.2) is 322 Å². The van der Waals surface area contributed by atoms with Crippen molar-refractivity contribution in [1.29, 1.82) is 0 Å². The fourth-order valence-corrected chi connectivity index (χ4v) is 10.6. The molecule has 0 bridgehead atoms. The van der Waals surface area contributed by atoms with Crippen LogP contribution in [0.5, 0.6) is 0 Å². The summed E-state index contributed by atoms with van der Waals surface area (Å²) in [4.78, 5) is 190. The average Bonchev–Trinajstić information content (AvgIpc) is 0.930. The maximum absolute atomic E-state index is 10.8. The van der Waals surface area contributed by atoms with Gasteiger partial charge in [0.1, 0.15) is 0 Å². The first-order valence-electron chi connectivity index (χ1n) is 38.4. The minimum atomic E-state index is -1.54. The van der Waals surface area contributed by atoms with Crippen LogP contribution in [0.1, 0.15) is 168 Å². The Labute approximate surface area is 872 Å². The number of nitrogens with zero attached hydrogens (tertiary/aromatic N) is 9. The third kappa shape index (κ3) is 115. The van der Waals surface area contributed by atoms with E-state index in [4.69, 9.17) is 11.5 Å². The molecule has 0 atom stereocenters. The minimum Gasteiger partial charge on any atom is -0.549 e. The predicted molar refractivity (Wildman–Crippen MR) is 382 cm³/mol. The molecule has 699 valence electrons. The van der Waals surface area contributed by atoms with E-state index in [1.165, 1.54) is 130 Å². The maximum Gasteiger partial charge on any atom is 3.00 e. The molecule has 4 N–H and O–H groups in total. The van der Waals surface area contributed by atoms with Crippen molar-refractivity contribution in [3.63, 3.8) is 0 Å². The minimum absolute atomic E-state index is 0. The maximum atomic E-state index is 10.8. The van der Waals surface area contributed by atoms with Crippen LogP contribution < -0.4 is 88.1 Å². The summed E-state index contributed by atoms with van der Waals surface area (Å²) >= 11 is 0. The molecule has 0 aliphatic rings. The molecule has 5 radical (unpaired) electrons. The summed E-state index contributed by atoms with van der Waals surface area (Å²) in [5.41, 5.74) is 10.2. The number of unbranched alkanes of at least 4 members (excludes halogenated alkanes) is 18. The summed E-state index contributed by atoms with van der Waals surface area (Å²) < 4.78 is 0. The summed E-state index contributed by atoms with van der Waals surface area (Å²) in [5.74, 6) is -23.3. The van der Waals surface area contributed by atoms with Crippen molar-refractivity contribution >= 4 is 101 Å². The van der Waals surface area contributed by atoms with Gasteiger partial charge >= 0.3 is 200 Å².